The van der Waals surface area contributed by atoms with Crippen molar-refractivity contribution in [1.82, 2.24) is 39.5 Å². The zero-order valence-corrected chi connectivity index (χ0v) is 45.0. The van der Waals surface area contributed by atoms with Crippen molar-refractivity contribution in [1.29, 1.82) is 5.26 Å². The summed E-state index contributed by atoms with van der Waals surface area (Å²) in [4.78, 5) is 94.9. The molecule has 9 rings (SSSR count). The maximum Gasteiger partial charge on any atom is 0.415 e. The van der Waals surface area contributed by atoms with Crippen LogP contribution in [-0.2, 0) is 38.7 Å². The third-order valence-electron chi connectivity index (χ3n) is 14.7. The normalized spacial score (nSPS) is 15.0. The van der Waals surface area contributed by atoms with Crippen molar-refractivity contribution in [3.8, 4) is 40.3 Å². The fraction of sp³-hybridized carbons (Fsp3) is 0.393. The molecule has 23 nitrogen and oxygen atoms in total. The van der Waals surface area contributed by atoms with E-state index in [2.05, 4.69) is 38.2 Å². The summed E-state index contributed by atoms with van der Waals surface area (Å²) in [5, 5.41) is 16.8. The number of benzene rings is 3. The molecule has 23 heteroatoms. The quantitative estimate of drug-likeness (QED) is 0.106. The number of nitrogens with one attached hydrogen (secondary N) is 2. The topological polar surface area (TPSA) is 247 Å². The highest BCUT2D eigenvalue weighted by atomic mass is 16.7. The fourth-order valence-corrected chi connectivity index (χ4v) is 9.92. The van der Waals surface area contributed by atoms with Crippen LogP contribution in [0.25, 0.3) is 33.1 Å². The van der Waals surface area contributed by atoms with Gasteiger partial charge in [0.15, 0.2) is 41.4 Å². The number of nitrogens with zero attached hydrogens (tertiary/aromatic N) is 10. The van der Waals surface area contributed by atoms with Crippen LogP contribution in [0.2, 0.25) is 0 Å². The lowest BCUT2D eigenvalue weighted by Crippen LogP contribution is -2.52. The third kappa shape index (κ3) is 12.2. The molecule has 0 unspecified atom stereocenters. The molecule has 0 spiro atoms. The van der Waals surface area contributed by atoms with Gasteiger partial charge < -0.3 is 58.8 Å². The number of pyridine rings is 1. The van der Waals surface area contributed by atoms with E-state index in [0.29, 0.717) is 64.6 Å². The molecule has 1 saturated heterocycles. The van der Waals surface area contributed by atoms with Gasteiger partial charge in [-0.2, -0.15) is 9.83 Å². The van der Waals surface area contributed by atoms with Crippen LogP contribution in [0.3, 0.4) is 0 Å². The van der Waals surface area contributed by atoms with Gasteiger partial charge in [0.25, 0.3) is 0 Å². The third-order valence-corrected chi connectivity index (χ3v) is 14.7. The molecule has 0 aliphatic carbocycles. The standard InChI is InChI=1S/C56H62N12O11/c1-35-16-21-67(50(71)15-19-57)31-44(35)65(5)52-40-18-23-68(53(40)60-33-59-52)54(72)62(2)25-26-64(4)55(73)76-32-36-7-10-39(11-8-36)61-49(70)14-13-48(69)58-20-24-63(3)56(74)79-51-42-30-66-22-17-38-28-46-47(78-34-77-46)29-41(38)43(66)27-37(42)9-12-45(51)75-6/h7-12,18,23,27-30,33,35,44H,13-17,20-22,24-26,31-32,34H2,1-6H3,(H-,58,61,69,70)/p+1/t35-,44+/m1/s1. The van der Waals surface area contributed by atoms with Crippen LogP contribution in [-0.4, -0.2) is 157 Å². The molecular weight excluding hydrogens is 1020 g/mol. The van der Waals surface area contributed by atoms with Gasteiger partial charge in [-0.05, 0) is 71.3 Å². The largest absolute Gasteiger partial charge is 0.493 e. The van der Waals surface area contributed by atoms with E-state index in [1.54, 1.807) is 68.6 Å². The number of carbonyl (C=O) groups is 6. The van der Waals surface area contributed by atoms with Gasteiger partial charge in [-0.3, -0.25) is 19.0 Å². The van der Waals surface area contributed by atoms with Gasteiger partial charge in [0.2, 0.25) is 30.2 Å². The minimum atomic E-state index is -0.640. The Morgan fingerprint density at radius 1 is 0.873 bits per heavy atom. The van der Waals surface area contributed by atoms with Crippen LogP contribution < -0.4 is 39.0 Å². The smallest absolute Gasteiger partial charge is 0.415 e. The summed E-state index contributed by atoms with van der Waals surface area (Å²) in [6.07, 6.45) is 5.00. The molecule has 6 aromatic rings. The average molecular weight is 1080 g/mol. The van der Waals surface area contributed by atoms with Crippen LogP contribution in [0.15, 0.2) is 79.4 Å². The molecule has 412 valence electrons. The predicted octanol–water partition coefficient (Wildman–Crippen LogP) is 5.55. The first-order valence-electron chi connectivity index (χ1n) is 26.0. The minimum Gasteiger partial charge on any atom is -0.493 e. The summed E-state index contributed by atoms with van der Waals surface area (Å²) in [6, 6.07) is 19.8. The van der Waals surface area contributed by atoms with Gasteiger partial charge in [-0.25, -0.2) is 24.4 Å². The number of amides is 6. The molecule has 0 bridgehead atoms. The van der Waals surface area contributed by atoms with Crippen LogP contribution in [0.4, 0.5) is 25.9 Å². The van der Waals surface area contributed by atoms with Crippen LogP contribution in [0.1, 0.15) is 43.7 Å². The predicted molar refractivity (Wildman–Crippen MR) is 288 cm³/mol. The Kier molecular flexibility index (Phi) is 16.6. The summed E-state index contributed by atoms with van der Waals surface area (Å²) in [6.45, 7) is 4.66. The van der Waals surface area contributed by atoms with Gasteiger partial charge in [0.1, 0.15) is 25.2 Å². The number of rotatable bonds is 17. The van der Waals surface area contributed by atoms with E-state index in [-0.39, 0.29) is 100 Å². The second-order valence-electron chi connectivity index (χ2n) is 19.9. The van der Waals surface area contributed by atoms with E-state index in [1.165, 1.54) is 38.3 Å². The van der Waals surface area contributed by atoms with Crippen LogP contribution >= 0.6 is 0 Å². The number of carbonyl (C=O) groups excluding carboxylic acids is 6. The summed E-state index contributed by atoms with van der Waals surface area (Å²) < 4.78 is 31.9. The maximum absolute atomic E-state index is 13.7. The maximum atomic E-state index is 13.7. The zero-order chi connectivity index (χ0) is 55.9. The van der Waals surface area contributed by atoms with Crippen LogP contribution in [0.5, 0.6) is 23.0 Å². The number of likely N-dealkylation sites (tertiary alicyclic amines) is 1. The first-order chi connectivity index (χ1) is 38.1. The molecule has 3 aliphatic rings. The second-order valence-corrected chi connectivity index (χ2v) is 19.9. The van der Waals surface area contributed by atoms with Crippen molar-refractivity contribution in [2.24, 2.45) is 5.92 Å². The molecule has 3 aromatic heterocycles. The molecule has 0 saturated carbocycles. The number of piperidine rings is 1. The molecule has 79 heavy (non-hydrogen) atoms. The average Bonchev–Trinajstić information content (AvgIpc) is 4.26. The SMILES string of the molecule is COc1ccc2cc3[n+](cc2c1OC(=O)N(C)CCNC(=O)CCC(=O)Nc1ccc(COC(=O)N(C)CCN(C)C(=O)n2ccc4c(N(C)[C@H]5CN(C(=O)CC#N)CC[C@H]5C)ncnc42)cc1)CCc1cc2c(cc1-3)OCO2. The zero-order valence-electron chi connectivity index (χ0n) is 45.0. The van der Waals surface area contributed by atoms with E-state index in [0.717, 1.165) is 35.2 Å². The molecule has 0 radical (unpaired) electrons. The van der Waals surface area contributed by atoms with Gasteiger partial charge in [0.05, 0.1) is 35.6 Å². The molecule has 2 atom stereocenters. The number of hydrogen-bond acceptors (Lipinski definition) is 15. The van der Waals surface area contributed by atoms with Gasteiger partial charge in [0, 0.05) is 105 Å². The molecular formula is C56H63N12O11+. The summed E-state index contributed by atoms with van der Waals surface area (Å²) in [5.41, 5.74) is 4.79. The number of nitriles is 1. The van der Waals surface area contributed by atoms with Crippen molar-refractivity contribution >= 4 is 69.3 Å². The number of anilines is 2. The van der Waals surface area contributed by atoms with E-state index < -0.39 is 12.2 Å². The lowest BCUT2D eigenvalue weighted by Gasteiger charge is -2.42. The number of ether oxygens (including phenoxy) is 5. The van der Waals surface area contributed by atoms with Gasteiger partial charge in [-0.1, -0.05) is 19.1 Å². The molecule has 6 heterocycles. The Labute approximate surface area is 456 Å². The Balaban J connectivity index is 0.677. The number of aryl methyl sites for hydroxylation is 2. The summed E-state index contributed by atoms with van der Waals surface area (Å²) in [5.74, 6) is 2.05. The Morgan fingerprint density at radius 3 is 2.39 bits per heavy atom. The lowest BCUT2D eigenvalue weighted by molar-refractivity contribution is -0.686. The molecule has 6 amide bonds. The molecule has 2 N–H and O–H groups in total. The van der Waals surface area contributed by atoms with Crippen molar-refractivity contribution < 1.29 is 57.0 Å². The monoisotopic (exact) mass is 1080 g/mol. The molecule has 3 aromatic carbocycles. The Bertz CT molecular complexity index is 3360. The van der Waals surface area contributed by atoms with Crippen molar-refractivity contribution in [3.05, 3.63) is 90.5 Å². The highest BCUT2D eigenvalue weighted by Gasteiger charge is 2.34. The molecule has 3 aliphatic heterocycles. The van der Waals surface area contributed by atoms with Gasteiger partial charge in [-0.15, -0.1) is 0 Å². The number of fused-ring (bicyclic) bond motifs is 6. The summed E-state index contributed by atoms with van der Waals surface area (Å²) >= 11 is 0. The van der Waals surface area contributed by atoms with Crippen molar-refractivity contribution in [2.45, 2.75) is 58.2 Å². The summed E-state index contributed by atoms with van der Waals surface area (Å²) in [7, 11) is 8.18. The van der Waals surface area contributed by atoms with E-state index in [4.69, 9.17) is 28.9 Å². The van der Waals surface area contributed by atoms with Gasteiger partial charge >= 0.3 is 18.2 Å². The number of methoxy groups -OCH3 is 1. The van der Waals surface area contributed by atoms with Crippen LogP contribution in [0, 0.1) is 17.2 Å². The van der Waals surface area contributed by atoms with E-state index >= 15 is 0 Å². The Hall–Kier alpha value is -9.20. The van der Waals surface area contributed by atoms with E-state index in [9.17, 15) is 28.8 Å². The van der Waals surface area contributed by atoms with E-state index in [1.807, 2.05) is 42.4 Å². The highest BCUT2D eigenvalue weighted by molar-refractivity contribution is 5.96. The second kappa shape index (κ2) is 24.0. The van der Waals surface area contributed by atoms with Crippen molar-refractivity contribution in [2.75, 3.05) is 91.6 Å². The molecule has 1 fully saturated rings. The minimum absolute atomic E-state index is 0.0399. The number of likely N-dealkylation sites (N-methyl/N-ethyl adjacent to an activating group) is 4. The lowest BCUT2D eigenvalue weighted by atomic mass is 9.92. The van der Waals surface area contributed by atoms with Crippen molar-refractivity contribution in [3.63, 3.8) is 0 Å². The fourth-order valence-electron chi connectivity index (χ4n) is 9.92. The first kappa shape index (κ1) is 54.6. The number of aromatic nitrogens is 4. The highest BCUT2D eigenvalue weighted by Crippen LogP contribution is 2.42. The Morgan fingerprint density at radius 2 is 1.62 bits per heavy atom. The first-order valence-corrected chi connectivity index (χ1v) is 26.0. The number of hydrogen-bond donors (Lipinski definition) is 2.